The number of likely N-dealkylation sites (N-methyl/N-ethyl adjacent to an activating group) is 1. The molecule has 2 aromatic heterocycles. The molecule has 2 unspecified atom stereocenters. The number of piperidine rings is 1. The van der Waals surface area contributed by atoms with Crippen LogP contribution in [-0.2, 0) is 4.74 Å². The first kappa shape index (κ1) is 31.1. The van der Waals surface area contributed by atoms with Crippen molar-refractivity contribution in [2.24, 2.45) is 0 Å². The van der Waals surface area contributed by atoms with E-state index < -0.39 is 6.10 Å². The quantitative estimate of drug-likeness (QED) is 0.367. The standard InChI is InChI=1S/C20H24ClN5O3.C8H15NO2/c1-10-18(17-11(2)26-29-12(17)3)24-20(25-19(10)22)15-7-14(5-6-16(15)21)28-9-13(27)8-23-4;1-7-5-3-4-6-9(7)8(10)11-2/h5-7,13,23,27H,8-9H2,1-4H3,(H2,22,24,25);7H,3-6H2,1-2H3. The van der Waals surface area contributed by atoms with Crippen LogP contribution >= 0.6 is 11.6 Å². The SMILES string of the molecule is CNCC(O)COc1ccc(Cl)c(-c2nc(N)c(C)c(-c3c(C)noc3C)n2)c1.COC(=O)N1CCCCC1C. The number of nitrogens with two attached hydrogens (primary N) is 1. The van der Waals surface area contributed by atoms with E-state index in [0.717, 1.165) is 36.2 Å². The third-order valence-corrected chi connectivity index (χ3v) is 7.06. The van der Waals surface area contributed by atoms with Crippen LogP contribution in [0.1, 0.15) is 43.2 Å². The Labute approximate surface area is 240 Å². The van der Waals surface area contributed by atoms with Crippen LogP contribution in [0.4, 0.5) is 10.6 Å². The number of halogens is 1. The van der Waals surface area contributed by atoms with Gasteiger partial charge >= 0.3 is 6.09 Å². The van der Waals surface area contributed by atoms with Crippen molar-refractivity contribution in [2.75, 3.05) is 39.6 Å². The molecule has 0 radical (unpaired) electrons. The highest BCUT2D eigenvalue weighted by Crippen LogP contribution is 2.35. The first-order valence-electron chi connectivity index (χ1n) is 13.2. The summed E-state index contributed by atoms with van der Waals surface area (Å²) in [6, 6.07) is 5.52. The molecule has 12 heteroatoms. The first-order chi connectivity index (χ1) is 19.1. The summed E-state index contributed by atoms with van der Waals surface area (Å²) < 4.78 is 15.6. The summed E-state index contributed by atoms with van der Waals surface area (Å²) in [5, 5.41) is 17.2. The van der Waals surface area contributed by atoms with Crippen LogP contribution < -0.4 is 15.8 Å². The van der Waals surface area contributed by atoms with Gasteiger partial charge in [-0.1, -0.05) is 16.8 Å². The molecule has 0 spiro atoms. The van der Waals surface area contributed by atoms with Gasteiger partial charge in [-0.05, 0) is 72.2 Å². The summed E-state index contributed by atoms with van der Waals surface area (Å²) in [5.74, 6) is 1.91. The van der Waals surface area contributed by atoms with E-state index >= 15 is 0 Å². The first-order valence-corrected chi connectivity index (χ1v) is 13.6. The van der Waals surface area contributed by atoms with Gasteiger partial charge in [0.05, 0.1) is 29.1 Å². The molecule has 2 atom stereocenters. The molecule has 1 fully saturated rings. The summed E-state index contributed by atoms with van der Waals surface area (Å²) in [4.78, 5) is 22.0. The maximum atomic E-state index is 11.1. The minimum Gasteiger partial charge on any atom is -0.491 e. The monoisotopic (exact) mass is 574 g/mol. The van der Waals surface area contributed by atoms with Crippen LogP contribution in [0.2, 0.25) is 5.02 Å². The van der Waals surface area contributed by atoms with Gasteiger partial charge in [0.15, 0.2) is 5.82 Å². The highest BCUT2D eigenvalue weighted by atomic mass is 35.5. The maximum Gasteiger partial charge on any atom is 0.409 e. The summed E-state index contributed by atoms with van der Waals surface area (Å²) in [6.45, 7) is 9.02. The number of aromatic nitrogens is 3. The van der Waals surface area contributed by atoms with Crippen molar-refractivity contribution < 1.29 is 23.9 Å². The molecule has 1 aliphatic rings. The van der Waals surface area contributed by atoms with Crippen molar-refractivity contribution >= 4 is 23.5 Å². The van der Waals surface area contributed by atoms with Crippen molar-refractivity contribution in [1.82, 2.24) is 25.3 Å². The van der Waals surface area contributed by atoms with Gasteiger partial charge in [0.2, 0.25) is 0 Å². The molecule has 1 saturated heterocycles. The van der Waals surface area contributed by atoms with E-state index in [1.807, 2.05) is 20.8 Å². The molecule has 4 N–H and O–H groups in total. The second-order valence-corrected chi connectivity index (χ2v) is 10.2. The lowest BCUT2D eigenvalue weighted by Gasteiger charge is -2.31. The van der Waals surface area contributed by atoms with Crippen molar-refractivity contribution in [3.63, 3.8) is 0 Å². The molecule has 1 amide bonds. The Kier molecular flexibility index (Phi) is 11.1. The van der Waals surface area contributed by atoms with E-state index in [1.54, 1.807) is 30.1 Å². The molecule has 11 nitrogen and oxygen atoms in total. The summed E-state index contributed by atoms with van der Waals surface area (Å²) in [6.07, 6.45) is 2.64. The number of rotatable bonds is 7. The lowest BCUT2D eigenvalue weighted by molar-refractivity contribution is 0.0945. The van der Waals surface area contributed by atoms with Crippen molar-refractivity contribution in [3.8, 4) is 28.4 Å². The Morgan fingerprint density at radius 3 is 2.67 bits per heavy atom. The fourth-order valence-corrected chi connectivity index (χ4v) is 4.66. The number of methoxy groups -OCH3 is 1. The number of carbonyl (C=O) groups is 1. The Bertz CT molecular complexity index is 1280. The van der Waals surface area contributed by atoms with Gasteiger partial charge in [0, 0.05) is 30.3 Å². The summed E-state index contributed by atoms with van der Waals surface area (Å²) in [7, 11) is 3.20. The minimum absolute atomic E-state index is 0.142. The number of amides is 1. The number of nitrogens with zero attached hydrogens (tertiary/aromatic N) is 4. The normalized spacial score (nSPS) is 15.7. The van der Waals surface area contributed by atoms with Gasteiger partial charge in [-0.25, -0.2) is 14.8 Å². The van der Waals surface area contributed by atoms with E-state index in [9.17, 15) is 9.90 Å². The molecule has 4 rings (SSSR count). The number of likely N-dealkylation sites (tertiary alicyclic amines) is 1. The van der Waals surface area contributed by atoms with Crippen LogP contribution in [0.25, 0.3) is 22.6 Å². The topological polar surface area (TPSA) is 149 Å². The molecular weight excluding hydrogens is 536 g/mol. The molecule has 1 aromatic carbocycles. The molecule has 40 heavy (non-hydrogen) atoms. The Morgan fingerprint density at radius 2 is 2.05 bits per heavy atom. The molecule has 0 saturated carbocycles. The van der Waals surface area contributed by atoms with E-state index in [-0.39, 0.29) is 12.7 Å². The molecule has 0 aliphatic carbocycles. The molecule has 0 bridgehead atoms. The number of carbonyl (C=O) groups excluding carboxylic acids is 1. The number of aliphatic hydroxyl groups is 1. The highest BCUT2D eigenvalue weighted by Gasteiger charge is 2.23. The molecule has 3 heterocycles. The number of nitrogens with one attached hydrogen (secondary N) is 1. The third-order valence-electron chi connectivity index (χ3n) is 6.73. The molecule has 3 aromatic rings. The Morgan fingerprint density at radius 1 is 1.30 bits per heavy atom. The van der Waals surface area contributed by atoms with E-state index in [0.29, 0.717) is 52.0 Å². The number of hydrogen-bond donors (Lipinski definition) is 3. The van der Waals surface area contributed by atoms with Gasteiger partial charge in [-0.2, -0.15) is 0 Å². The van der Waals surface area contributed by atoms with Crippen LogP contribution in [0.5, 0.6) is 5.75 Å². The van der Waals surface area contributed by atoms with Gasteiger partial charge in [0.1, 0.15) is 30.0 Å². The van der Waals surface area contributed by atoms with Crippen LogP contribution in [0, 0.1) is 20.8 Å². The molecule has 218 valence electrons. The number of anilines is 1. The lowest BCUT2D eigenvalue weighted by Crippen LogP contribution is -2.41. The van der Waals surface area contributed by atoms with E-state index in [2.05, 4.69) is 27.1 Å². The zero-order chi connectivity index (χ0) is 29.4. The lowest BCUT2D eigenvalue weighted by atomic mass is 10.0. The number of ether oxygens (including phenoxy) is 2. The van der Waals surface area contributed by atoms with Gasteiger partial charge < -0.3 is 35.1 Å². The number of benzene rings is 1. The van der Waals surface area contributed by atoms with Crippen LogP contribution in [-0.4, -0.2) is 77.2 Å². The largest absolute Gasteiger partial charge is 0.491 e. The third kappa shape index (κ3) is 7.61. The van der Waals surface area contributed by atoms with E-state index in [4.69, 9.17) is 31.6 Å². The Hall–Kier alpha value is -3.41. The van der Waals surface area contributed by atoms with Gasteiger partial charge in [-0.15, -0.1) is 0 Å². The fraction of sp³-hybridized carbons (Fsp3) is 0.500. The van der Waals surface area contributed by atoms with Crippen molar-refractivity contribution in [3.05, 3.63) is 40.2 Å². The smallest absolute Gasteiger partial charge is 0.409 e. The van der Waals surface area contributed by atoms with Crippen molar-refractivity contribution in [1.29, 1.82) is 0 Å². The number of nitrogen functional groups attached to an aromatic ring is 1. The summed E-state index contributed by atoms with van der Waals surface area (Å²) >= 11 is 6.41. The zero-order valence-corrected chi connectivity index (χ0v) is 24.7. The Balaban J connectivity index is 0.000000336. The molecular formula is C28H39ClN6O5. The minimum atomic E-state index is -0.628. The predicted octanol–water partition coefficient (Wildman–Crippen LogP) is 4.55. The second-order valence-electron chi connectivity index (χ2n) is 9.78. The molecule has 1 aliphatic heterocycles. The average molecular weight is 575 g/mol. The van der Waals surface area contributed by atoms with Crippen molar-refractivity contribution in [2.45, 2.75) is 59.1 Å². The zero-order valence-electron chi connectivity index (χ0n) is 24.0. The maximum absolute atomic E-state index is 11.1. The number of hydrogen-bond acceptors (Lipinski definition) is 10. The van der Waals surface area contributed by atoms with E-state index in [1.165, 1.54) is 13.5 Å². The average Bonchev–Trinajstić information content (AvgIpc) is 3.27. The fourth-order valence-electron chi connectivity index (χ4n) is 4.46. The number of aryl methyl sites for hydroxylation is 2. The summed E-state index contributed by atoms with van der Waals surface area (Å²) in [5.41, 5.74) is 9.64. The predicted molar refractivity (Wildman–Crippen MR) is 154 cm³/mol. The number of aliphatic hydroxyl groups excluding tert-OH is 1. The van der Waals surface area contributed by atoms with Gasteiger partial charge in [0.25, 0.3) is 0 Å². The van der Waals surface area contributed by atoms with Crippen LogP contribution in [0.15, 0.2) is 22.7 Å². The van der Waals surface area contributed by atoms with Crippen LogP contribution in [0.3, 0.4) is 0 Å². The second kappa shape index (κ2) is 14.3. The van der Waals surface area contributed by atoms with Gasteiger partial charge in [-0.3, -0.25) is 0 Å². The highest BCUT2D eigenvalue weighted by molar-refractivity contribution is 6.33.